The number of nitrogens with two attached hydrogens (primary N) is 1. The van der Waals surface area contributed by atoms with Gasteiger partial charge < -0.3 is 10.5 Å². The number of aromatic nitrogens is 5. The number of halogens is 2. The molecule has 0 spiro atoms. The summed E-state index contributed by atoms with van der Waals surface area (Å²) in [6.45, 7) is -0.103. The van der Waals surface area contributed by atoms with Crippen molar-refractivity contribution in [3.05, 3.63) is 71.6 Å². The molecular formula is C21H18ClFN6O. The SMILES string of the molecule is Cn1nc(-c2ccccn2)cc1Oc1cc(Cl)cnc1-c1ccc([C@H](F)CN)cn1. The van der Waals surface area contributed by atoms with E-state index < -0.39 is 6.17 Å². The van der Waals surface area contributed by atoms with Crippen molar-refractivity contribution in [2.45, 2.75) is 6.17 Å². The number of nitrogens with zero attached hydrogens (tertiary/aromatic N) is 5. The molecular weight excluding hydrogens is 407 g/mol. The average molecular weight is 425 g/mol. The van der Waals surface area contributed by atoms with Crippen LogP contribution in [-0.2, 0) is 7.05 Å². The maximum atomic E-state index is 13.8. The van der Waals surface area contributed by atoms with E-state index in [1.165, 1.54) is 12.4 Å². The molecule has 0 radical (unpaired) electrons. The number of ether oxygens (including phenoxy) is 1. The van der Waals surface area contributed by atoms with Gasteiger partial charge in [-0.25, -0.2) is 14.1 Å². The lowest BCUT2D eigenvalue weighted by atomic mass is 10.1. The van der Waals surface area contributed by atoms with Crippen molar-refractivity contribution in [3.8, 4) is 34.4 Å². The minimum atomic E-state index is -1.26. The van der Waals surface area contributed by atoms with E-state index in [1.54, 1.807) is 42.2 Å². The summed E-state index contributed by atoms with van der Waals surface area (Å²) in [7, 11) is 1.76. The Hall–Kier alpha value is -3.36. The summed E-state index contributed by atoms with van der Waals surface area (Å²) < 4.78 is 21.4. The molecule has 4 aromatic rings. The summed E-state index contributed by atoms with van der Waals surface area (Å²) in [5.41, 5.74) is 8.16. The number of aryl methyl sites for hydroxylation is 1. The second kappa shape index (κ2) is 8.56. The third kappa shape index (κ3) is 4.14. The van der Waals surface area contributed by atoms with Crippen molar-refractivity contribution in [3.63, 3.8) is 0 Å². The van der Waals surface area contributed by atoms with Crippen LogP contribution in [0, 0.1) is 0 Å². The Bertz CT molecular complexity index is 1150. The van der Waals surface area contributed by atoms with Crippen LogP contribution in [0.4, 0.5) is 4.39 Å². The topological polar surface area (TPSA) is 91.7 Å². The zero-order valence-corrected chi connectivity index (χ0v) is 16.8. The maximum Gasteiger partial charge on any atom is 0.218 e. The molecule has 7 nitrogen and oxygen atoms in total. The molecule has 4 aromatic heterocycles. The summed E-state index contributed by atoms with van der Waals surface area (Å²) in [6, 6.07) is 12.3. The molecule has 4 rings (SSSR count). The molecule has 0 aliphatic heterocycles. The van der Waals surface area contributed by atoms with Crippen molar-refractivity contribution in [1.82, 2.24) is 24.7 Å². The highest BCUT2D eigenvalue weighted by Gasteiger charge is 2.16. The summed E-state index contributed by atoms with van der Waals surface area (Å²) in [6.07, 6.45) is 3.38. The van der Waals surface area contributed by atoms with E-state index in [9.17, 15) is 4.39 Å². The van der Waals surface area contributed by atoms with Crippen LogP contribution < -0.4 is 10.5 Å². The quantitative estimate of drug-likeness (QED) is 0.494. The first-order valence-corrected chi connectivity index (χ1v) is 9.52. The molecule has 0 aliphatic rings. The van der Waals surface area contributed by atoms with Gasteiger partial charge in [-0.2, -0.15) is 5.10 Å². The molecule has 0 saturated heterocycles. The van der Waals surface area contributed by atoms with E-state index in [0.29, 0.717) is 39.3 Å². The predicted octanol–water partition coefficient (Wildman–Crippen LogP) is 4.35. The molecule has 0 aliphatic carbocycles. The Kier molecular flexibility index (Phi) is 5.69. The highest BCUT2D eigenvalue weighted by atomic mass is 35.5. The fraction of sp³-hybridized carbons (Fsp3) is 0.143. The Labute approximate surface area is 177 Å². The average Bonchev–Trinajstić information content (AvgIpc) is 3.14. The van der Waals surface area contributed by atoms with Crippen LogP contribution in [0.25, 0.3) is 22.8 Å². The minimum Gasteiger partial charge on any atom is -0.437 e. The van der Waals surface area contributed by atoms with Gasteiger partial charge in [0, 0.05) is 49.9 Å². The highest BCUT2D eigenvalue weighted by molar-refractivity contribution is 6.30. The van der Waals surface area contributed by atoms with Crippen LogP contribution in [0.2, 0.25) is 5.02 Å². The number of hydrogen-bond donors (Lipinski definition) is 1. The fourth-order valence-electron chi connectivity index (χ4n) is 2.86. The van der Waals surface area contributed by atoms with Gasteiger partial charge in [-0.15, -0.1) is 0 Å². The van der Waals surface area contributed by atoms with Crippen molar-refractivity contribution in [1.29, 1.82) is 0 Å². The van der Waals surface area contributed by atoms with Crippen LogP contribution in [0.15, 0.2) is 61.1 Å². The Morgan fingerprint density at radius 1 is 1.07 bits per heavy atom. The lowest BCUT2D eigenvalue weighted by Gasteiger charge is -2.11. The van der Waals surface area contributed by atoms with Crippen molar-refractivity contribution in [2.24, 2.45) is 12.8 Å². The molecule has 1 atom stereocenters. The summed E-state index contributed by atoms with van der Waals surface area (Å²) in [5.74, 6) is 0.874. The maximum absolute atomic E-state index is 13.8. The summed E-state index contributed by atoms with van der Waals surface area (Å²) in [4.78, 5) is 13.0. The lowest BCUT2D eigenvalue weighted by Crippen LogP contribution is -2.08. The molecule has 0 aromatic carbocycles. The normalized spacial score (nSPS) is 12.0. The molecule has 2 N–H and O–H groups in total. The van der Waals surface area contributed by atoms with E-state index in [1.807, 2.05) is 18.2 Å². The number of alkyl halides is 1. The smallest absolute Gasteiger partial charge is 0.218 e. The second-order valence-electron chi connectivity index (χ2n) is 6.49. The van der Waals surface area contributed by atoms with E-state index in [-0.39, 0.29) is 6.54 Å². The Morgan fingerprint density at radius 3 is 2.63 bits per heavy atom. The second-order valence-corrected chi connectivity index (χ2v) is 6.93. The van der Waals surface area contributed by atoms with Gasteiger partial charge >= 0.3 is 0 Å². The molecule has 9 heteroatoms. The molecule has 0 amide bonds. The van der Waals surface area contributed by atoms with E-state index in [4.69, 9.17) is 22.1 Å². The van der Waals surface area contributed by atoms with E-state index in [0.717, 1.165) is 5.69 Å². The monoisotopic (exact) mass is 424 g/mol. The number of rotatable bonds is 6. The first kappa shape index (κ1) is 19.9. The lowest BCUT2D eigenvalue weighted by molar-refractivity contribution is 0.352. The zero-order chi connectivity index (χ0) is 21.1. The van der Waals surface area contributed by atoms with Gasteiger partial charge in [-0.1, -0.05) is 23.7 Å². The predicted molar refractivity (Wildman–Crippen MR) is 112 cm³/mol. The molecule has 0 saturated carbocycles. The highest BCUT2D eigenvalue weighted by Crippen LogP contribution is 2.34. The number of hydrogen-bond acceptors (Lipinski definition) is 6. The molecule has 0 fully saturated rings. The third-order valence-corrected chi connectivity index (χ3v) is 4.60. The largest absolute Gasteiger partial charge is 0.437 e. The van der Waals surface area contributed by atoms with E-state index >= 15 is 0 Å². The molecule has 152 valence electrons. The third-order valence-electron chi connectivity index (χ3n) is 4.40. The molecule has 0 bridgehead atoms. The van der Waals surface area contributed by atoms with E-state index in [2.05, 4.69) is 20.1 Å². The summed E-state index contributed by atoms with van der Waals surface area (Å²) in [5, 5.41) is 4.86. The van der Waals surface area contributed by atoms with Crippen LogP contribution in [0.3, 0.4) is 0 Å². The van der Waals surface area contributed by atoms with Crippen molar-refractivity contribution >= 4 is 11.6 Å². The van der Waals surface area contributed by atoms with Gasteiger partial charge in [0.05, 0.1) is 16.4 Å². The van der Waals surface area contributed by atoms with Crippen LogP contribution in [0.1, 0.15) is 11.7 Å². The van der Waals surface area contributed by atoms with Gasteiger partial charge in [0.15, 0.2) is 5.75 Å². The fourth-order valence-corrected chi connectivity index (χ4v) is 3.00. The number of pyridine rings is 3. The zero-order valence-electron chi connectivity index (χ0n) is 16.0. The van der Waals surface area contributed by atoms with Gasteiger partial charge in [0.1, 0.15) is 17.6 Å². The molecule has 0 unspecified atom stereocenters. The summed E-state index contributed by atoms with van der Waals surface area (Å²) >= 11 is 6.14. The standard InChI is InChI=1S/C21H18ClFN6O/c1-29-20(9-18(28-29)16-4-2-3-7-25-16)30-19-8-14(22)12-27-21(19)17-6-5-13(11-26-17)15(23)10-24/h2-9,11-12,15H,10,24H2,1H3/t15-/m1/s1. The minimum absolute atomic E-state index is 0.103. The van der Waals surface area contributed by atoms with Crippen LogP contribution in [0.5, 0.6) is 11.6 Å². The molecule has 30 heavy (non-hydrogen) atoms. The molecule has 4 heterocycles. The van der Waals surface area contributed by atoms with Gasteiger partial charge in [0.2, 0.25) is 5.88 Å². The van der Waals surface area contributed by atoms with Crippen LogP contribution >= 0.6 is 11.6 Å². The first-order chi connectivity index (χ1) is 14.5. The van der Waals surface area contributed by atoms with Crippen LogP contribution in [-0.4, -0.2) is 31.3 Å². The van der Waals surface area contributed by atoms with Crippen molar-refractivity contribution < 1.29 is 9.13 Å². The first-order valence-electron chi connectivity index (χ1n) is 9.14. The Balaban J connectivity index is 1.67. The van der Waals surface area contributed by atoms with Gasteiger partial charge in [-0.3, -0.25) is 9.97 Å². The Morgan fingerprint density at radius 2 is 1.93 bits per heavy atom. The van der Waals surface area contributed by atoms with Crippen molar-refractivity contribution in [2.75, 3.05) is 6.54 Å². The van der Waals surface area contributed by atoms with Gasteiger partial charge in [0.25, 0.3) is 0 Å². The van der Waals surface area contributed by atoms with Gasteiger partial charge in [-0.05, 0) is 18.2 Å².